The van der Waals surface area contributed by atoms with Crippen molar-refractivity contribution < 1.29 is 9.53 Å². The average molecular weight is 292 g/mol. The number of nitrogens with two attached hydrogens (primary N) is 1. The van der Waals surface area contributed by atoms with Crippen molar-refractivity contribution in [1.82, 2.24) is 4.98 Å². The van der Waals surface area contributed by atoms with Gasteiger partial charge in [-0.1, -0.05) is 39.2 Å². The van der Waals surface area contributed by atoms with E-state index in [0.717, 1.165) is 18.4 Å². The summed E-state index contributed by atoms with van der Waals surface area (Å²) in [5.74, 6) is 1.35. The van der Waals surface area contributed by atoms with Gasteiger partial charge in [-0.25, -0.2) is 4.98 Å². The van der Waals surface area contributed by atoms with Crippen molar-refractivity contribution in [2.24, 2.45) is 5.92 Å². The van der Waals surface area contributed by atoms with Crippen molar-refractivity contribution in [2.75, 3.05) is 12.3 Å². The largest absolute Gasteiger partial charge is 0.466 e. The number of esters is 1. The van der Waals surface area contributed by atoms with E-state index >= 15 is 0 Å². The molecule has 21 heavy (non-hydrogen) atoms. The molecule has 1 heterocycles. The van der Waals surface area contributed by atoms with Crippen LogP contribution < -0.4 is 5.73 Å². The molecule has 1 aromatic heterocycles. The van der Waals surface area contributed by atoms with Crippen LogP contribution in [0.1, 0.15) is 64.4 Å². The molecule has 0 radical (unpaired) electrons. The normalized spacial score (nSPS) is 15.2. The fourth-order valence-electron chi connectivity index (χ4n) is 2.52. The van der Waals surface area contributed by atoms with E-state index in [1.54, 1.807) is 6.20 Å². The van der Waals surface area contributed by atoms with Gasteiger partial charge in [-0.3, -0.25) is 4.79 Å². The van der Waals surface area contributed by atoms with Gasteiger partial charge in [-0.15, -0.1) is 0 Å². The second kappa shape index (κ2) is 9.37. The second-order valence-corrected chi connectivity index (χ2v) is 5.72. The molecule has 1 aliphatic carbocycles. The predicted octanol–water partition coefficient (Wildman–Crippen LogP) is 3.92. The van der Waals surface area contributed by atoms with Gasteiger partial charge in [0, 0.05) is 6.20 Å². The summed E-state index contributed by atoms with van der Waals surface area (Å²) in [7, 11) is 0. The summed E-state index contributed by atoms with van der Waals surface area (Å²) >= 11 is 0. The Morgan fingerprint density at radius 1 is 1.38 bits per heavy atom. The first kappa shape index (κ1) is 17.5. The fraction of sp³-hybridized carbons (Fsp3) is 0.647. The van der Waals surface area contributed by atoms with Gasteiger partial charge in [0.25, 0.3) is 0 Å². The lowest BCUT2D eigenvalue weighted by atomic mass is 9.89. The third-order valence-electron chi connectivity index (χ3n) is 3.72. The number of rotatable bonds is 3. The molecule has 0 aromatic carbocycles. The third-order valence-corrected chi connectivity index (χ3v) is 3.72. The summed E-state index contributed by atoms with van der Waals surface area (Å²) in [6, 6.07) is 3.92. The number of aromatic nitrogens is 1. The van der Waals surface area contributed by atoms with Gasteiger partial charge in [0.1, 0.15) is 5.82 Å². The highest BCUT2D eigenvalue weighted by Crippen LogP contribution is 2.24. The Balaban J connectivity index is 0.000000211. The molecule has 0 amide bonds. The van der Waals surface area contributed by atoms with Crippen molar-refractivity contribution >= 4 is 11.8 Å². The Morgan fingerprint density at radius 2 is 2.05 bits per heavy atom. The van der Waals surface area contributed by atoms with Crippen LogP contribution in [-0.4, -0.2) is 17.6 Å². The molecule has 1 fully saturated rings. The molecule has 1 saturated carbocycles. The summed E-state index contributed by atoms with van der Waals surface area (Å²) in [4.78, 5) is 15.2. The van der Waals surface area contributed by atoms with E-state index in [4.69, 9.17) is 10.5 Å². The topological polar surface area (TPSA) is 65.2 Å². The Morgan fingerprint density at radius 3 is 2.52 bits per heavy atom. The number of hydrogen-bond donors (Lipinski definition) is 1. The Labute approximate surface area is 128 Å². The molecule has 0 saturated heterocycles. The van der Waals surface area contributed by atoms with Gasteiger partial charge in [-0.05, 0) is 37.3 Å². The highest BCUT2D eigenvalue weighted by Gasteiger charge is 2.21. The number of anilines is 1. The lowest BCUT2D eigenvalue weighted by Crippen LogP contribution is -2.20. The molecule has 2 rings (SSSR count). The van der Waals surface area contributed by atoms with Crippen LogP contribution in [0, 0.1) is 5.92 Å². The lowest BCUT2D eigenvalue weighted by molar-refractivity contribution is -0.149. The number of carbonyl (C=O) groups excluding carboxylic acids is 1. The molecule has 0 spiro atoms. The van der Waals surface area contributed by atoms with E-state index < -0.39 is 0 Å². The fourth-order valence-corrected chi connectivity index (χ4v) is 2.52. The van der Waals surface area contributed by atoms with Gasteiger partial charge >= 0.3 is 5.97 Å². The predicted molar refractivity (Wildman–Crippen MR) is 85.9 cm³/mol. The maximum Gasteiger partial charge on any atom is 0.308 e. The summed E-state index contributed by atoms with van der Waals surface area (Å²) in [6.45, 7) is 6.59. The Kier molecular flexibility index (Phi) is 7.80. The monoisotopic (exact) mass is 292 g/mol. The summed E-state index contributed by atoms with van der Waals surface area (Å²) in [6.07, 6.45) is 7.47. The van der Waals surface area contributed by atoms with E-state index in [9.17, 15) is 4.79 Å². The van der Waals surface area contributed by atoms with Gasteiger partial charge in [0.2, 0.25) is 0 Å². The first-order valence-corrected chi connectivity index (χ1v) is 7.93. The zero-order chi connectivity index (χ0) is 15.7. The number of ether oxygens (including phenoxy) is 1. The minimum atomic E-state index is 0.0206. The average Bonchev–Trinajstić information content (AvgIpc) is 2.49. The number of nitrogen functional groups attached to an aromatic ring is 1. The van der Waals surface area contributed by atoms with E-state index in [-0.39, 0.29) is 11.9 Å². The molecule has 4 heteroatoms. The molecule has 0 unspecified atom stereocenters. The van der Waals surface area contributed by atoms with Crippen LogP contribution >= 0.6 is 0 Å². The molecular formula is C17H28N2O2. The highest BCUT2D eigenvalue weighted by atomic mass is 16.5. The first-order valence-electron chi connectivity index (χ1n) is 7.93. The van der Waals surface area contributed by atoms with Crippen molar-refractivity contribution in [3.05, 3.63) is 23.9 Å². The van der Waals surface area contributed by atoms with Gasteiger partial charge in [-0.2, -0.15) is 0 Å². The first-order chi connectivity index (χ1) is 10.1. The highest BCUT2D eigenvalue weighted by molar-refractivity contribution is 5.72. The Hall–Kier alpha value is -1.58. The zero-order valence-electron chi connectivity index (χ0n) is 13.5. The summed E-state index contributed by atoms with van der Waals surface area (Å²) in [5.41, 5.74) is 6.74. The van der Waals surface area contributed by atoms with Crippen LogP contribution in [0.15, 0.2) is 18.3 Å². The molecule has 4 nitrogen and oxygen atoms in total. The second-order valence-electron chi connectivity index (χ2n) is 5.72. The van der Waals surface area contributed by atoms with E-state index in [1.165, 1.54) is 19.3 Å². The van der Waals surface area contributed by atoms with Crippen LogP contribution in [0.5, 0.6) is 0 Å². The van der Waals surface area contributed by atoms with Crippen LogP contribution in [-0.2, 0) is 9.53 Å². The molecular weight excluding hydrogens is 264 g/mol. The SMILES string of the molecule is CC(C)c1cccnc1N.CCOC(=O)C1CCCCC1. The van der Waals surface area contributed by atoms with Crippen LogP contribution in [0.2, 0.25) is 0 Å². The van der Waals surface area contributed by atoms with Gasteiger partial charge < -0.3 is 10.5 Å². The van der Waals surface area contributed by atoms with E-state index in [1.807, 2.05) is 19.1 Å². The summed E-state index contributed by atoms with van der Waals surface area (Å²) in [5, 5.41) is 0. The van der Waals surface area contributed by atoms with Crippen LogP contribution in [0.25, 0.3) is 0 Å². The standard InChI is InChI=1S/C9H16O2.C8H12N2/c1-2-11-9(10)8-6-4-3-5-7-8;1-6(2)7-4-3-5-10-8(7)9/h8H,2-7H2,1H3;3-6H,1-2H3,(H2,9,10). The lowest BCUT2D eigenvalue weighted by Gasteiger charge is -2.19. The van der Waals surface area contributed by atoms with E-state index in [2.05, 4.69) is 18.8 Å². The van der Waals surface area contributed by atoms with Crippen LogP contribution in [0.3, 0.4) is 0 Å². The van der Waals surface area contributed by atoms with Crippen molar-refractivity contribution in [1.29, 1.82) is 0 Å². The summed E-state index contributed by atoms with van der Waals surface area (Å²) < 4.78 is 4.94. The quantitative estimate of drug-likeness (QED) is 0.858. The van der Waals surface area contributed by atoms with Gasteiger partial charge in [0.05, 0.1) is 12.5 Å². The Bertz CT molecular complexity index is 427. The molecule has 0 aliphatic heterocycles. The number of carbonyl (C=O) groups is 1. The van der Waals surface area contributed by atoms with Crippen molar-refractivity contribution in [3.8, 4) is 0 Å². The minimum Gasteiger partial charge on any atom is -0.466 e. The molecule has 0 atom stereocenters. The minimum absolute atomic E-state index is 0.0206. The molecule has 1 aliphatic rings. The zero-order valence-corrected chi connectivity index (χ0v) is 13.5. The van der Waals surface area contributed by atoms with Crippen LogP contribution in [0.4, 0.5) is 5.82 Å². The van der Waals surface area contributed by atoms with Crippen molar-refractivity contribution in [2.45, 2.75) is 58.8 Å². The van der Waals surface area contributed by atoms with Crippen molar-refractivity contribution in [3.63, 3.8) is 0 Å². The molecule has 0 bridgehead atoms. The number of hydrogen-bond acceptors (Lipinski definition) is 4. The maximum absolute atomic E-state index is 11.2. The molecule has 1 aromatic rings. The smallest absolute Gasteiger partial charge is 0.308 e. The van der Waals surface area contributed by atoms with Gasteiger partial charge in [0.15, 0.2) is 0 Å². The number of nitrogens with zero attached hydrogens (tertiary/aromatic N) is 1. The number of pyridine rings is 1. The molecule has 2 N–H and O–H groups in total. The molecule has 118 valence electrons. The third kappa shape index (κ3) is 6.15. The maximum atomic E-state index is 11.2. The van der Waals surface area contributed by atoms with E-state index in [0.29, 0.717) is 18.3 Å².